The fourth-order valence-corrected chi connectivity index (χ4v) is 3.83. The molecule has 1 atom stereocenters. The first kappa shape index (κ1) is 15.2. The smallest absolute Gasteiger partial charge is 0.188 e. The molecule has 1 fully saturated rings. The second-order valence-corrected chi connectivity index (χ2v) is 6.67. The van der Waals surface area contributed by atoms with Gasteiger partial charge in [-0.15, -0.1) is 11.3 Å². The van der Waals surface area contributed by atoms with Crippen LogP contribution in [0.4, 0.5) is 10.9 Å². The molecule has 0 radical (unpaired) electrons. The standard InChI is InChI=1S/C16H19N7S/c1-2-8-23(10-15-19-6-7-20-15)13(3-1)12-11-24-16(21-12)22-14-9-17-4-5-18-14/h4-7,9,11,13H,1-3,8,10H2,(H,19,20)(H,18,21,22). The molecule has 0 spiro atoms. The molecule has 1 aliphatic heterocycles. The lowest BCUT2D eigenvalue weighted by atomic mass is 10.00. The van der Waals surface area contributed by atoms with Gasteiger partial charge in [0.15, 0.2) is 10.9 Å². The van der Waals surface area contributed by atoms with Crippen molar-refractivity contribution in [3.63, 3.8) is 0 Å². The molecule has 3 aromatic heterocycles. The molecule has 1 aliphatic rings. The Labute approximate surface area is 144 Å². The van der Waals surface area contributed by atoms with Crippen LogP contribution in [-0.4, -0.2) is 36.4 Å². The first-order valence-corrected chi connectivity index (χ1v) is 8.97. The van der Waals surface area contributed by atoms with E-state index in [0.29, 0.717) is 6.04 Å². The number of aromatic amines is 1. The van der Waals surface area contributed by atoms with E-state index in [9.17, 15) is 0 Å². The van der Waals surface area contributed by atoms with E-state index in [1.54, 1.807) is 36.1 Å². The monoisotopic (exact) mass is 341 g/mol. The van der Waals surface area contributed by atoms with Crippen molar-refractivity contribution in [1.29, 1.82) is 0 Å². The molecule has 1 saturated heterocycles. The lowest BCUT2D eigenvalue weighted by Crippen LogP contribution is -2.33. The highest BCUT2D eigenvalue weighted by atomic mass is 32.1. The number of rotatable bonds is 5. The third-order valence-electron chi connectivity index (χ3n) is 4.18. The van der Waals surface area contributed by atoms with Crippen molar-refractivity contribution in [1.82, 2.24) is 29.8 Å². The summed E-state index contributed by atoms with van der Waals surface area (Å²) >= 11 is 1.61. The molecule has 2 N–H and O–H groups in total. The molecule has 7 nitrogen and oxygen atoms in total. The fraction of sp³-hybridized carbons (Fsp3) is 0.375. The third kappa shape index (κ3) is 3.44. The molecule has 124 valence electrons. The van der Waals surface area contributed by atoms with Crippen LogP contribution in [0.1, 0.15) is 36.8 Å². The highest BCUT2D eigenvalue weighted by molar-refractivity contribution is 7.13. The minimum atomic E-state index is 0.345. The van der Waals surface area contributed by atoms with Crippen LogP contribution in [-0.2, 0) is 6.54 Å². The number of nitrogens with one attached hydrogen (secondary N) is 2. The van der Waals surface area contributed by atoms with Gasteiger partial charge in [0, 0.05) is 30.2 Å². The molecule has 4 heterocycles. The summed E-state index contributed by atoms with van der Waals surface area (Å²) in [7, 11) is 0. The van der Waals surface area contributed by atoms with E-state index < -0.39 is 0 Å². The van der Waals surface area contributed by atoms with Gasteiger partial charge in [0.2, 0.25) is 0 Å². The Morgan fingerprint density at radius 1 is 1.25 bits per heavy atom. The molecule has 0 aliphatic carbocycles. The molecule has 24 heavy (non-hydrogen) atoms. The molecule has 3 aromatic rings. The van der Waals surface area contributed by atoms with Gasteiger partial charge in [-0.2, -0.15) is 0 Å². The maximum atomic E-state index is 4.78. The maximum absolute atomic E-state index is 4.78. The lowest BCUT2D eigenvalue weighted by Gasteiger charge is -2.34. The van der Waals surface area contributed by atoms with Crippen LogP contribution in [0, 0.1) is 0 Å². The molecule has 4 rings (SSSR count). The fourth-order valence-electron chi connectivity index (χ4n) is 3.06. The first-order chi connectivity index (χ1) is 11.9. The van der Waals surface area contributed by atoms with E-state index in [1.165, 1.54) is 12.8 Å². The Hall–Kier alpha value is -2.32. The average molecular weight is 341 g/mol. The van der Waals surface area contributed by atoms with E-state index >= 15 is 0 Å². The molecule has 1 unspecified atom stereocenters. The minimum Gasteiger partial charge on any atom is -0.348 e. The van der Waals surface area contributed by atoms with Crippen molar-refractivity contribution in [2.45, 2.75) is 31.8 Å². The van der Waals surface area contributed by atoms with Gasteiger partial charge in [0.25, 0.3) is 0 Å². The van der Waals surface area contributed by atoms with Gasteiger partial charge in [-0.3, -0.25) is 9.88 Å². The number of aromatic nitrogens is 5. The highest BCUT2D eigenvalue weighted by Crippen LogP contribution is 2.33. The molecular weight excluding hydrogens is 322 g/mol. The minimum absolute atomic E-state index is 0.345. The largest absolute Gasteiger partial charge is 0.348 e. The first-order valence-electron chi connectivity index (χ1n) is 8.09. The molecule has 0 amide bonds. The summed E-state index contributed by atoms with van der Waals surface area (Å²) in [4.78, 5) is 23.1. The Kier molecular flexibility index (Phi) is 4.48. The zero-order valence-electron chi connectivity index (χ0n) is 13.2. The predicted molar refractivity (Wildman–Crippen MR) is 93.0 cm³/mol. The molecule has 8 heteroatoms. The van der Waals surface area contributed by atoms with E-state index in [-0.39, 0.29) is 0 Å². The van der Waals surface area contributed by atoms with Crippen LogP contribution in [0.5, 0.6) is 0 Å². The third-order valence-corrected chi connectivity index (χ3v) is 4.96. The van der Waals surface area contributed by atoms with Gasteiger partial charge in [0.1, 0.15) is 5.82 Å². The summed E-state index contributed by atoms with van der Waals surface area (Å²) in [6.07, 6.45) is 12.3. The topological polar surface area (TPSA) is 82.6 Å². The van der Waals surface area contributed by atoms with Crippen LogP contribution in [0.15, 0.2) is 36.4 Å². The van der Waals surface area contributed by atoms with Crippen molar-refractivity contribution >= 4 is 22.3 Å². The van der Waals surface area contributed by atoms with Crippen molar-refractivity contribution in [3.8, 4) is 0 Å². The van der Waals surface area contributed by atoms with Crippen molar-refractivity contribution in [2.24, 2.45) is 0 Å². The van der Waals surface area contributed by atoms with Crippen LogP contribution in [0.25, 0.3) is 0 Å². The quantitative estimate of drug-likeness (QED) is 0.742. The van der Waals surface area contributed by atoms with E-state index in [1.807, 2.05) is 6.20 Å². The number of hydrogen-bond donors (Lipinski definition) is 2. The Balaban J connectivity index is 1.49. The van der Waals surface area contributed by atoms with Gasteiger partial charge in [-0.1, -0.05) is 6.42 Å². The maximum Gasteiger partial charge on any atom is 0.188 e. The zero-order chi connectivity index (χ0) is 16.2. The summed E-state index contributed by atoms with van der Waals surface area (Å²) in [6.45, 7) is 1.91. The number of likely N-dealkylation sites (tertiary alicyclic amines) is 1. The molecular formula is C16H19N7S. The second kappa shape index (κ2) is 7.06. The summed E-state index contributed by atoms with van der Waals surface area (Å²) in [5.74, 6) is 1.73. The van der Waals surface area contributed by atoms with Gasteiger partial charge in [0.05, 0.1) is 24.5 Å². The number of piperidine rings is 1. The summed E-state index contributed by atoms with van der Waals surface area (Å²) in [5, 5.41) is 6.22. The van der Waals surface area contributed by atoms with Crippen molar-refractivity contribution in [3.05, 3.63) is 47.9 Å². The molecule has 0 saturated carbocycles. The number of thiazole rings is 1. The predicted octanol–water partition coefficient (Wildman–Crippen LogP) is 3.13. The van der Waals surface area contributed by atoms with Gasteiger partial charge < -0.3 is 10.3 Å². The van der Waals surface area contributed by atoms with E-state index in [2.05, 4.69) is 35.5 Å². The van der Waals surface area contributed by atoms with Crippen LogP contribution in [0.2, 0.25) is 0 Å². The molecule has 0 aromatic carbocycles. The SMILES string of the molecule is c1cnc(Nc2nc(C3CCCCN3Cc3ncc[nH]3)cs2)cn1. The van der Waals surface area contributed by atoms with Gasteiger partial charge in [-0.25, -0.2) is 15.0 Å². The normalized spacial score (nSPS) is 18.6. The van der Waals surface area contributed by atoms with E-state index in [4.69, 9.17) is 4.98 Å². The molecule has 0 bridgehead atoms. The average Bonchev–Trinajstić information content (AvgIpc) is 3.29. The summed E-state index contributed by atoms with van der Waals surface area (Å²) < 4.78 is 0. The van der Waals surface area contributed by atoms with Crippen molar-refractivity contribution < 1.29 is 0 Å². The van der Waals surface area contributed by atoms with Crippen LogP contribution in [0.3, 0.4) is 0 Å². The Morgan fingerprint density at radius 2 is 2.25 bits per heavy atom. The number of hydrogen-bond acceptors (Lipinski definition) is 7. The van der Waals surface area contributed by atoms with Crippen molar-refractivity contribution in [2.75, 3.05) is 11.9 Å². The lowest BCUT2D eigenvalue weighted by molar-refractivity contribution is 0.134. The second-order valence-electron chi connectivity index (χ2n) is 5.81. The highest BCUT2D eigenvalue weighted by Gasteiger charge is 2.26. The number of imidazole rings is 1. The number of anilines is 2. The van der Waals surface area contributed by atoms with E-state index in [0.717, 1.165) is 42.0 Å². The zero-order valence-corrected chi connectivity index (χ0v) is 14.0. The van der Waals surface area contributed by atoms with Crippen LogP contribution < -0.4 is 5.32 Å². The summed E-state index contributed by atoms with van der Waals surface area (Å²) in [6, 6.07) is 0.345. The van der Waals surface area contributed by atoms with Crippen LogP contribution >= 0.6 is 11.3 Å². The van der Waals surface area contributed by atoms with Gasteiger partial charge in [-0.05, 0) is 19.4 Å². The number of H-pyrrole nitrogens is 1. The Bertz CT molecular complexity index is 756. The number of nitrogens with zero attached hydrogens (tertiary/aromatic N) is 5. The summed E-state index contributed by atoms with van der Waals surface area (Å²) in [5.41, 5.74) is 1.12. The Morgan fingerprint density at radius 3 is 3.08 bits per heavy atom. The van der Waals surface area contributed by atoms with Gasteiger partial charge >= 0.3 is 0 Å².